The van der Waals surface area contributed by atoms with Crippen LogP contribution in [0.5, 0.6) is 0 Å². The molecule has 0 unspecified atom stereocenters. The van der Waals surface area contributed by atoms with Crippen LogP contribution in [0.25, 0.3) is 0 Å². The lowest BCUT2D eigenvalue weighted by molar-refractivity contribution is -0.120. The molecule has 0 heterocycles. The van der Waals surface area contributed by atoms with E-state index in [1.807, 2.05) is 30.3 Å². The standard InChI is InChI=1S/C17H16ClNO2/c18-15-9-7-14(8-10-15)16(20)12-19-17(21)11-6-13-4-2-1-3-5-13/h1-5,7-10H,6,11-12H2,(H,19,21). The second-order valence-corrected chi connectivity index (χ2v) is 5.13. The number of rotatable bonds is 6. The highest BCUT2D eigenvalue weighted by Gasteiger charge is 2.08. The number of nitrogens with one attached hydrogen (secondary N) is 1. The van der Waals surface area contributed by atoms with E-state index in [0.717, 1.165) is 5.56 Å². The van der Waals surface area contributed by atoms with Crippen LogP contribution >= 0.6 is 11.6 Å². The van der Waals surface area contributed by atoms with Crippen molar-refractivity contribution < 1.29 is 9.59 Å². The molecular weight excluding hydrogens is 286 g/mol. The van der Waals surface area contributed by atoms with Crippen molar-refractivity contribution in [3.63, 3.8) is 0 Å². The van der Waals surface area contributed by atoms with E-state index in [4.69, 9.17) is 11.6 Å². The van der Waals surface area contributed by atoms with Crippen LogP contribution in [0.2, 0.25) is 5.02 Å². The fraction of sp³-hybridized carbons (Fsp3) is 0.176. The highest BCUT2D eigenvalue weighted by molar-refractivity contribution is 6.30. The predicted molar refractivity (Wildman–Crippen MR) is 83.6 cm³/mol. The number of aryl methyl sites for hydroxylation is 1. The van der Waals surface area contributed by atoms with Crippen molar-refractivity contribution in [1.29, 1.82) is 0 Å². The van der Waals surface area contributed by atoms with Crippen molar-refractivity contribution in [2.45, 2.75) is 12.8 Å². The van der Waals surface area contributed by atoms with Gasteiger partial charge in [-0.3, -0.25) is 9.59 Å². The Hall–Kier alpha value is -2.13. The molecule has 4 heteroatoms. The summed E-state index contributed by atoms with van der Waals surface area (Å²) in [5, 5.41) is 3.23. The first kappa shape index (κ1) is 15.3. The lowest BCUT2D eigenvalue weighted by Crippen LogP contribution is -2.29. The van der Waals surface area contributed by atoms with Crippen molar-refractivity contribution in [3.8, 4) is 0 Å². The van der Waals surface area contributed by atoms with Gasteiger partial charge in [-0.1, -0.05) is 41.9 Å². The Bertz CT molecular complexity index is 608. The molecule has 1 N–H and O–H groups in total. The van der Waals surface area contributed by atoms with Gasteiger partial charge in [-0.15, -0.1) is 0 Å². The normalized spacial score (nSPS) is 10.1. The number of carbonyl (C=O) groups is 2. The molecule has 0 atom stereocenters. The Morgan fingerprint density at radius 1 is 0.952 bits per heavy atom. The summed E-state index contributed by atoms with van der Waals surface area (Å²) < 4.78 is 0. The first-order valence-electron chi connectivity index (χ1n) is 6.74. The van der Waals surface area contributed by atoms with Crippen LogP contribution in [0, 0.1) is 0 Å². The molecule has 2 aromatic rings. The number of halogens is 1. The predicted octanol–water partition coefficient (Wildman–Crippen LogP) is 3.27. The molecule has 2 aromatic carbocycles. The van der Waals surface area contributed by atoms with Crippen LogP contribution in [-0.4, -0.2) is 18.2 Å². The van der Waals surface area contributed by atoms with Gasteiger partial charge in [-0.2, -0.15) is 0 Å². The summed E-state index contributed by atoms with van der Waals surface area (Å²) in [6.45, 7) is 0.00918. The van der Waals surface area contributed by atoms with Crippen LogP contribution in [-0.2, 0) is 11.2 Å². The van der Waals surface area contributed by atoms with Gasteiger partial charge < -0.3 is 5.32 Å². The average Bonchev–Trinajstić information content (AvgIpc) is 2.52. The summed E-state index contributed by atoms with van der Waals surface area (Å²) in [5.41, 5.74) is 1.65. The number of hydrogen-bond donors (Lipinski definition) is 1. The molecule has 2 rings (SSSR count). The molecule has 0 aliphatic carbocycles. The van der Waals surface area contributed by atoms with Gasteiger partial charge >= 0.3 is 0 Å². The molecule has 0 aromatic heterocycles. The Morgan fingerprint density at radius 2 is 1.62 bits per heavy atom. The Labute approximate surface area is 128 Å². The van der Waals surface area contributed by atoms with E-state index in [1.54, 1.807) is 24.3 Å². The van der Waals surface area contributed by atoms with Crippen LogP contribution in [0.4, 0.5) is 0 Å². The van der Waals surface area contributed by atoms with Crippen molar-refractivity contribution in [2.24, 2.45) is 0 Å². The van der Waals surface area contributed by atoms with Crippen molar-refractivity contribution in [1.82, 2.24) is 5.32 Å². The third-order valence-electron chi connectivity index (χ3n) is 3.10. The monoisotopic (exact) mass is 301 g/mol. The molecule has 0 saturated carbocycles. The molecule has 1 amide bonds. The third kappa shape index (κ3) is 5.04. The van der Waals surface area contributed by atoms with E-state index in [-0.39, 0.29) is 18.2 Å². The topological polar surface area (TPSA) is 46.2 Å². The van der Waals surface area contributed by atoms with E-state index in [0.29, 0.717) is 23.4 Å². The number of Topliss-reactive ketones (excluding diaryl/α,β-unsaturated/α-hetero) is 1. The minimum Gasteiger partial charge on any atom is -0.349 e. The molecule has 0 fully saturated rings. The highest BCUT2D eigenvalue weighted by Crippen LogP contribution is 2.09. The fourth-order valence-corrected chi connectivity index (χ4v) is 2.03. The van der Waals surface area contributed by atoms with E-state index in [1.165, 1.54) is 0 Å². The summed E-state index contributed by atoms with van der Waals surface area (Å²) in [7, 11) is 0. The van der Waals surface area contributed by atoms with E-state index in [2.05, 4.69) is 5.32 Å². The molecule has 108 valence electrons. The summed E-state index contributed by atoms with van der Waals surface area (Å²) >= 11 is 5.76. The third-order valence-corrected chi connectivity index (χ3v) is 3.35. The molecule has 21 heavy (non-hydrogen) atoms. The molecule has 0 aliphatic heterocycles. The number of ketones is 1. The smallest absolute Gasteiger partial charge is 0.220 e. The second kappa shape index (κ2) is 7.60. The number of hydrogen-bond acceptors (Lipinski definition) is 2. The molecule has 0 saturated heterocycles. The Kier molecular flexibility index (Phi) is 5.52. The maximum Gasteiger partial charge on any atom is 0.220 e. The number of benzene rings is 2. The maximum absolute atomic E-state index is 11.9. The zero-order valence-corrected chi connectivity index (χ0v) is 12.3. The zero-order valence-electron chi connectivity index (χ0n) is 11.5. The molecule has 0 spiro atoms. The van der Waals surface area contributed by atoms with Gasteiger partial charge in [0.25, 0.3) is 0 Å². The van der Waals surface area contributed by atoms with Gasteiger partial charge in [0.2, 0.25) is 5.91 Å². The van der Waals surface area contributed by atoms with Gasteiger partial charge in [-0.05, 0) is 36.2 Å². The average molecular weight is 302 g/mol. The fourth-order valence-electron chi connectivity index (χ4n) is 1.91. The van der Waals surface area contributed by atoms with Crippen molar-refractivity contribution in [3.05, 3.63) is 70.7 Å². The lowest BCUT2D eigenvalue weighted by Gasteiger charge is -2.05. The SMILES string of the molecule is O=C(CCc1ccccc1)NCC(=O)c1ccc(Cl)cc1. The van der Waals surface area contributed by atoms with Crippen LogP contribution < -0.4 is 5.32 Å². The van der Waals surface area contributed by atoms with Gasteiger partial charge in [0.15, 0.2) is 5.78 Å². The van der Waals surface area contributed by atoms with Crippen LogP contribution in [0.3, 0.4) is 0 Å². The molecule has 0 bridgehead atoms. The van der Waals surface area contributed by atoms with Gasteiger partial charge in [0, 0.05) is 17.0 Å². The van der Waals surface area contributed by atoms with Crippen LogP contribution in [0.1, 0.15) is 22.3 Å². The molecule has 0 radical (unpaired) electrons. The zero-order chi connectivity index (χ0) is 15.1. The quantitative estimate of drug-likeness (QED) is 0.832. The Morgan fingerprint density at radius 3 is 2.29 bits per heavy atom. The first-order chi connectivity index (χ1) is 10.1. The maximum atomic E-state index is 11.9. The second-order valence-electron chi connectivity index (χ2n) is 4.69. The summed E-state index contributed by atoms with van der Waals surface area (Å²) in [4.78, 5) is 23.6. The minimum absolute atomic E-state index is 0.00918. The van der Waals surface area contributed by atoms with Crippen molar-refractivity contribution in [2.75, 3.05) is 6.54 Å². The van der Waals surface area contributed by atoms with E-state index >= 15 is 0 Å². The van der Waals surface area contributed by atoms with Crippen molar-refractivity contribution >= 4 is 23.3 Å². The first-order valence-corrected chi connectivity index (χ1v) is 7.12. The minimum atomic E-state index is -0.125. The summed E-state index contributed by atoms with van der Waals surface area (Å²) in [6.07, 6.45) is 1.04. The lowest BCUT2D eigenvalue weighted by atomic mass is 10.1. The molecule has 3 nitrogen and oxygen atoms in total. The van der Waals surface area contributed by atoms with Gasteiger partial charge in [-0.25, -0.2) is 0 Å². The van der Waals surface area contributed by atoms with Crippen LogP contribution in [0.15, 0.2) is 54.6 Å². The summed E-state index contributed by atoms with van der Waals surface area (Å²) in [5.74, 6) is -0.249. The van der Waals surface area contributed by atoms with Gasteiger partial charge in [0.1, 0.15) is 0 Å². The number of amides is 1. The number of carbonyl (C=O) groups excluding carboxylic acids is 2. The largest absolute Gasteiger partial charge is 0.349 e. The van der Waals surface area contributed by atoms with E-state index in [9.17, 15) is 9.59 Å². The van der Waals surface area contributed by atoms with E-state index < -0.39 is 0 Å². The molecule has 0 aliphatic rings. The summed E-state index contributed by atoms with van der Waals surface area (Å²) in [6, 6.07) is 16.4. The molecular formula is C17H16ClNO2. The Balaban J connectivity index is 1.76. The van der Waals surface area contributed by atoms with Gasteiger partial charge in [0.05, 0.1) is 6.54 Å². The highest BCUT2D eigenvalue weighted by atomic mass is 35.5.